The van der Waals surface area contributed by atoms with Gasteiger partial charge in [0.1, 0.15) is 0 Å². The van der Waals surface area contributed by atoms with Gasteiger partial charge < -0.3 is 0 Å². The van der Waals surface area contributed by atoms with Gasteiger partial charge in [-0.3, -0.25) is 0 Å². The zero-order valence-corrected chi connectivity index (χ0v) is 19.3. The number of hydrogen-bond donors (Lipinski definition) is 0. The molecular weight excluding hydrogens is 360 g/mol. The van der Waals surface area contributed by atoms with Gasteiger partial charge in [-0.25, -0.2) is 0 Å². The molecule has 0 N–H and O–H groups in total. The van der Waals surface area contributed by atoms with Crippen LogP contribution in [-0.2, 0) is 0 Å². The van der Waals surface area contributed by atoms with Gasteiger partial charge in [0.2, 0.25) is 0 Å². The number of rotatable bonds is 5. The molecule has 30 heavy (non-hydrogen) atoms. The second-order valence-electron chi connectivity index (χ2n) is 7.04. The molecule has 0 fully saturated rings. The van der Waals surface area contributed by atoms with E-state index in [1.807, 2.05) is 26.0 Å². The van der Waals surface area contributed by atoms with E-state index in [1.54, 1.807) is 0 Å². The van der Waals surface area contributed by atoms with Gasteiger partial charge in [-0.1, -0.05) is 99.9 Å². The summed E-state index contributed by atoms with van der Waals surface area (Å²) in [5.74, 6) is 0. The Balaban J connectivity index is 0.00000155. The molecule has 0 aliphatic rings. The summed E-state index contributed by atoms with van der Waals surface area (Å²) < 4.78 is 0. The van der Waals surface area contributed by atoms with E-state index in [0.717, 1.165) is 11.1 Å². The van der Waals surface area contributed by atoms with E-state index < -0.39 is 0 Å². The van der Waals surface area contributed by atoms with Crippen molar-refractivity contribution in [2.24, 2.45) is 0 Å². The standard InChI is InChI=1S/C28H28.C2H6/c1-7-13-24-20(6)21(9-3)22(10-4)28(26(24)14-8-2)27-18-17-19(5)23-15-11-12-16-25(23)27;1-2/h7-18H,3-4H2,1-2,5-6H3;1-2H3/b13-7-,14-8-;. The highest BCUT2D eigenvalue weighted by Crippen LogP contribution is 2.41. The molecule has 0 saturated carbocycles. The first-order valence-corrected chi connectivity index (χ1v) is 10.8. The van der Waals surface area contributed by atoms with Gasteiger partial charge in [-0.2, -0.15) is 0 Å². The first-order chi connectivity index (χ1) is 14.6. The normalized spacial score (nSPS) is 11.0. The fourth-order valence-electron chi connectivity index (χ4n) is 4.12. The van der Waals surface area contributed by atoms with Gasteiger partial charge in [0.15, 0.2) is 0 Å². The molecule has 3 aromatic carbocycles. The second-order valence-corrected chi connectivity index (χ2v) is 7.04. The molecule has 0 unspecified atom stereocenters. The molecule has 0 aliphatic carbocycles. The summed E-state index contributed by atoms with van der Waals surface area (Å²) in [6.07, 6.45) is 12.6. The Bertz CT molecular complexity index is 1120. The Labute approximate surface area is 183 Å². The van der Waals surface area contributed by atoms with Crippen molar-refractivity contribution in [2.45, 2.75) is 41.5 Å². The van der Waals surface area contributed by atoms with Crippen LogP contribution in [0.1, 0.15) is 61.1 Å². The van der Waals surface area contributed by atoms with Crippen LogP contribution in [-0.4, -0.2) is 0 Å². The van der Waals surface area contributed by atoms with E-state index in [-0.39, 0.29) is 0 Å². The zero-order valence-electron chi connectivity index (χ0n) is 19.3. The largest absolute Gasteiger partial charge is 0.0984 e. The summed E-state index contributed by atoms with van der Waals surface area (Å²) in [7, 11) is 0. The van der Waals surface area contributed by atoms with Crippen LogP contribution in [0.3, 0.4) is 0 Å². The molecule has 0 bridgehead atoms. The van der Waals surface area contributed by atoms with E-state index in [4.69, 9.17) is 0 Å². The maximum absolute atomic E-state index is 4.15. The number of fused-ring (bicyclic) bond motifs is 1. The maximum atomic E-state index is 4.15. The zero-order chi connectivity index (χ0) is 22.3. The number of aryl methyl sites for hydroxylation is 1. The van der Waals surface area contributed by atoms with Crippen molar-refractivity contribution in [2.75, 3.05) is 0 Å². The molecule has 0 aliphatic heterocycles. The van der Waals surface area contributed by atoms with Crippen molar-refractivity contribution in [1.29, 1.82) is 0 Å². The SMILES string of the molecule is C=Cc1c(C)c(/C=C\C)c(/C=C\C)c(-c2ccc(C)c3ccccc23)c1C=C.CC. The first kappa shape index (κ1) is 23.2. The lowest BCUT2D eigenvalue weighted by Gasteiger charge is -2.22. The predicted molar refractivity (Wildman–Crippen MR) is 140 cm³/mol. The summed E-state index contributed by atoms with van der Waals surface area (Å²) in [5.41, 5.74) is 9.73. The van der Waals surface area contributed by atoms with Crippen LogP contribution in [0.5, 0.6) is 0 Å². The number of allylic oxidation sites excluding steroid dienone is 2. The molecule has 0 aromatic heterocycles. The van der Waals surface area contributed by atoms with E-state index in [0.29, 0.717) is 0 Å². The minimum Gasteiger partial charge on any atom is -0.0984 e. The third-order valence-corrected chi connectivity index (χ3v) is 5.41. The average molecular weight is 395 g/mol. The predicted octanol–water partition coefficient (Wildman–Crippen LogP) is 9.50. The number of benzene rings is 3. The Hall–Kier alpha value is -3.12. The summed E-state index contributed by atoms with van der Waals surface area (Å²) >= 11 is 0. The molecule has 0 nitrogen and oxygen atoms in total. The molecule has 0 atom stereocenters. The van der Waals surface area contributed by atoms with Crippen molar-refractivity contribution >= 4 is 35.1 Å². The molecule has 0 spiro atoms. The van der Waals surface area contributed by atoms with Crippen LogP contribution in [0.25, 0.3) is 46.2 Å². The van der Waals surface area contributed by atoms with Crippen molar-refractivity contribution in [3.05, 3.63) is 95.1 Å². The van der Waals surface area contributed by atoms with E-state index in [2.05, 4.69) is 102 Å². The molecular formula is C30H34. The fourth-order valence-corrected chi connectivity index (χ4v) is 4.12. The summed E-state index contributed by atoms with van der Waals surface area (Å²) in [4.78, 5) is 0. The molecule has 0 heteroatoms. The first-order valence-electron chi connectivity index (χ1n) is 10.8. The van der Waals surface area contributed by atoms with Gasteiger partial charge in [-0.15, -0.1) is 0 Å². The third kappa shape index (κ3) is 4.09. The van der Waals surface area contributed by atoms with Gasteiger partial charge in [0.25, 0.3) is 0 Å². The second kappa shape index (κ2) is 10.6. The molecule has 3 rings (SSSR count). The van der Waals surface area contributed by atoms with Crippen molar-refractivity contribution in [1.82, 2.24) is 0 Å². The number of hydrogen-bond acceptors (Lipinski definition) is 0. The lowest BCUT2D eigenvalue weighted by atomic mass is 9.82. The van der Waals surface area contributed by atoms with E-state index in [9.17, 15) is 0 Å². The van der Waals surface area contributed by atoms with Gasteiger partial charge in [-0.05, 0) is 83.0 Å². The minimum absolute atomic E-state index is 1.14. The average Bonchev–Trinajstić information content (AvgIpc) is 2.78. The van der Waals surface area contributed by atoms with E-state index >= 15 is 0 Å². The van der Waals surface area contributed by atoms with Crippen LogP contribution < -0.4 is 0 Å². The Kier molecular flexibility index (Phi) is 8.18. The van der Waals surface area contributed by atoms with Gasteiger partial charge in [0, 0.05) is 0 Å². The Morgan fingerprint density at radius 3 is 1.80 bits per heavy atom. The maximum Gasteiger partial charge on any atom is -0.00207 e. The molecule has 0 saturated heterocycles. The fraction of sp³-hybridized carbons (Fsp3) is 0.200. The smallest absolute Gasteiger partial charge is 0.00207 e. The molecule has 0 radical (unpaired) electrons. The highest BCUT2D eigenvalue weighted by atomic mass is 14.2. The van der Waals surface area contributed by atoms with Crippen LogP contribution in [0, 0.1) is 13.8 Å². The molecule has 0 heterocycles. The van der Waals surface area contributed by atoms with Crippen LogP contribution in [0.15, 0.2) is 61.7 Å². The van der Waals surface area contributed by atoms with Crippen LogP contribution in [0.4, 0.5) is 0 Å². The molecule has 0 amide bonds. The van der Waals surface area contributed by atoms with Crippen molar-refractivity contribution in [3.8, 4) is 11.1 Å². The lowest BCUT2D eigenvalue weighted by Crippen LogP contribution is -2.01. The topological polar surface area (TPSA) is 0 Å². The highest BCUT2D eigenvalue weighted by Gasteiger charge is 2.19. The monoisotopic (exact) mass is 394 g/mol. The summed E-state index contributed by atoms with van der Waals surface area (Å²) in [6.45, 7) is 20.7. The van der Waals surface area contributed by atoms with Crippen LogP contribution >= 0.6 is 0 Å². The van der Waals surface area contributed by atoms with Crippen molar-refractivity contribution in [3.63, 3.8) is 0 Å². The van der Waals surface area contributed by atoms with Gasteiger partial charge in [0.05, 0.1) is 0 Å². The highest BCUT2D eigenvalue weighted by molar-refractivity contribution is 6.04. The van der Waals surface area contributed by atoms with E-state index in [1.165, 1.54) is 44.2 Å². The van der Waals surface area contributed by atoms with Crippen LogP contribution in [0.2, 0.25) is 0 Å². The third-order valence-electron chi connectivity index (χ3n) is 5.41. The van der Waals surface area contributed by atoms with Gasteiger partial charge >= 0.3 is 0 Å². The Morgan fingerprint density at radius 1 is 0.667 bits per heavy atom. The minimum atomic E-state index is 1.14. The quantitative estimate of drug-likeness (QED) is 0.404. The lowest BCUT2D eigenvalue weighted by molar-refractivity contribution is 1.38. The molecule has 3 aromatic rings. The molecule has 154 valence electrons. The van der Waals surface area contributed by atoms with Crippen molar-refractivity contribution < 1.29 is 0 Å². The summed E-state index contributed by atoms with van der Waals surface area (Å²) in [6, 6.07) is 13.1. The Morgan fingerprint density at radius 2 is 1.23 bits per heavy atom. The summed E-state index contributed by atoms with van der Waals surface area (Å²) in [5, 5.41) is 2.55.